The maximum atomic E-state index is 6.71. The first-order valence-corrected chi connectivity index (χ1v) is 16.2. The van der Waals surface area contributed by atoms with Gasteiger partial charge in [0.05, 0.1) is 0 Å². The number of fused-ring (bicyclic) bond motifs is 6. The van der Waals surface area contributed by atoms with Crippen LogP contribution in [-0.4, -0.2) is 0 Å². The van der Waals surface area contributed by atoms with E-state index < -0.39 is 0 Å². The van der Waals surface area contributed by atoms with Gasteiger partial charge in [-0.15, -0.1) is 0 Å². The Morgan fingerprint density at radius 2 is 0.957 bits per heavy atom. The summed E-state index contributed by atoms with van der Waals surface area (Å²) in [6, 6.07) is 61.4. The Hall–Kier alpha value is -6.18. The zero-order valence-electron chi connectivity index (χ0n) is 25.6. The quantitative estimate of drug-likeness (QED) is 0.146. The predicted octanol–water partition coefficient (Wildman–Crippen LogP) is 13.1. The van der Waals surface area contributed by atoms with Gasteiger partial charge in [0.25, 0.3) is 0 Å². The van der Waals surface area contributed by atoms with Crippen LogP contribution in [0.25, 0.3) is 87.6 Å². The van der Waals surface area contributed by atoms with E-state index in [1.807, 2.05) is 0 Å². The van der Waals surface area contributed by atoms with Crippen molar-refractivity contribution in [3.63, 3.8) is 0 Å². The van der Waals surface area contributed by atoms with Crippen LogP contribution >= 0.6 is 0 Å². The maximum absolute atomic E-state index is 6.71. The van der Waals surface area contributed by atoms with E-state index in [1.54, 1.807) is 0 Å². The monoisotopic (exact) mass is 596 g/mol. The second-order valence-corrected chi connectivity index (χ2v) is 12.4. The normalized spacial score (nSPS) is 12.0. The highest BCUT2D eigenvalue weighted by Crippen LogP contribution is 2.52. The topological polar surface area (TPSA) is 9.23 Å². The van der Waals surface area contributed by atoms with Crippen LogP contribution in [0.4, 0.5) is 0 Å². The largest absolute Gasteiger partial charge is 0.456 e. The smallest absolute Gasteiger partial charge is 0.135 e. The minimum Gasteiger partial charge on any atom is -0.456 e. The first-order chi connectivity index (χ1) is 23.3. The lowest BCUT2D eigenvalue weighted by atomic mass is 9.82. The van der Waals surface area contributed by atoms with Crippen LogP contribution in [0.15, 0.2) is 170 Å². The first-order valence-electron chi connectivity index (χ1n) is 16.2. The molecule has 1 heterocycles. The van der Waals surface area contributed by atoms with Crippen molar-refractivity contribution < 1.29 is 4.74 Å². The van der Waals surface area contributed by atoms with Crippen molar-refractivity contribution in [1.82, 2.24) is 0 Å². The summed E-state index contributed by atoms with van der Waals surface area (Å²) < 4.78 is 6.71. The Balaban J connectivity index is 1.29. The summed E-state index contributed by atoms with van der Waals surface area (Å²) in [7, 11) is 0. The molecule has 0 bridgehead atoms. The highest BCUT2D eigenvalue weighted by atomic mass is 16.5. The van der Waals surface area contributed by atoms with Crippen molar-refractivity contribution >= 4 is 43.1 Å². The standard InChI is InChI=1S/C46H28O/c1-3-12-29(13-4-1)32-23-24-34-35-20-11-21-38-39(26-27-41(45(35)38)47-42(34)28-32)44-37-19-10-9-18-36(37)43(31-15-5-2-6-16-31)46-33-17-8-7-14-30(33)22-25-40(44)46/h1-28H. The first kappa shape index (κ1) is 26.1. The van der Waals surface area contributed by atoms with Crippen molar-refractivity contribution in [3.05, 3.63) is 170 Å². The summed E-state index contributed by atoms with van der Waals surface area (Å²) in [5.41, 5.74) is 9.66. The third-order valence-corrected chi connectivity index (χ3v) is 9.85. The molecule has 0 unspecified atom stereocenters. The number of hydrogen-bond acceptors (Lipinski definition) is 1. The summed E-state index contributed by atoms with van der Waals surface area (Å²) in [5, 5.41) is 9.93. The Labute approximate surface area is 272 Å². The number of rotatable bonds is 3. The van der Waals surface area contributed by atoms with E-state index in [4.69, 9.17) is 4.74 Å². The van der Waals surface area contributed by atoms with Gasteiger partial charge >= 0.3 is 0 Å². The van der Waals surface area contributed by atoms with Gasteiger partial charge in [-0.2, -0.15) is 0 Å². The molecule has 0 fully saturated rings. The van der Waals surface area contributed by atoms with Crippen molar-refractivity contribution in [2.45, 2.75) is 0 Å². The van der Waals surface area contributed by atoms with Crippen LogP contribution in [0.3, 0.4) is 0 Å². The average molecular weight is 597 g/mol. The lowest BCUT2D eigenvalue weighted by molar-refractivity contribution is 0.487. The van der Waals surface area contributed by atoms with Crippen LogP contribution in [-0.2, 0) is 0 Å². The number of hydrogen-bond donors (Lipinski definition) is 0. The maximum Gasteiger partial charge on any atom is 0.135 e. The fourth-order valence-electron chi connectivity index (χ4n) is 7.80. The molecule has 0 amide bonds. The van der Waals surface area contributed by atoms with Gasteiger partial charge in [0.1, 0.15) is 11.5 Å². The van der Waals surface area contributed by atoms with Crippen molar-refractivity contribution in [3.8, 4) is 56.0 Å². The van der Waals surface area contributed by atoms with E-state index in [9.17, 15) is 0 Å². The summed E-state index contributed by atoms with van der Waals surface area (Å²) >= 11 is 0. The van der Waals surface area contributed by atoms with Crippen LogP contribution < -0.4 is 4.74 Å². The fourth-order valence-corrected chi connectivity index (χ4v) is 7.80. The van der Waals surface area contributed by atoms with E-state index in [2.05, 4.69) is 170 Å². The van der Waals surface area contributed by atoms with Crippen LogP contribution in [0, 0.1) is 0 Å². The zero-order valence-corrected chi connectivity index (χ0v) is 25.6. The Morgan fingerprint density at radius 3 is 1.77 bits per heavy atom. The van der Waals surface area contributed by atoms with Crippen LogP contribution in [0.2, 0.25) is 0 Å². The van der Waals surface area contributed by atoms with Gasteiger partial charge in [0.15, 0.2) is 0 Å². The minimum absolute atomic E-state index is 0.897. The lowest BCUT2D eigenvalue weighted by Gasteiger charge is -2.24. The number of ether oxygens (including phenoxy) is 1. The molecule has 1 nitrogen and oxygen atoms in total. The van der Waals surface area contributed by atoms with E-state index >= 15 is 0 Å². The van der Waals surface area contributed by atoms with E-state index in [0.717, 1.165) is 28.0 Å². The molecule has 0 spiro atoms. The molecule has 0 radical (unpaired) electrons. The summed E-state index contributed by atoms with van der Waals surface area (Å²) in [6.07, 6.45) is 0. The molecule has 0 saturated carbocycles. The van der Waals surface area contributed by atoms with E-state index in [-0.39, 0.29) is 0 Å². The van der Waals surface area contributed by atoms with Crippen molar-refractivity contribution in [2.24, 2.45) is 0 Å². The Morgan fingerprint density at radius 1 is 0.298 bits per heavy atom. The molecule has 0 N–H and O–H groups in total. The van der Waals surface area contributed by atoms with Crippen LogP contribution in [0.5, 0.6) is 11.5 Å². The molecule has 10 rings (SSSR count). The molecule has 0 aliphatic carbocycles. The number of benzene rings is 9. The molecule has 1 aliphatic heterocycles. The van der Waals surface area contributed by atoms with Crippen LogP contribution in [0.1, 0.15) is 0 Å². The molecule has 9 aromatic rings. The highest BCUT2D eigenvalue weighted by Gasteiger charge is 2.25. The summed E-state index contributed by atoms with van der Waals surface area (Å²) in [6.45, 7) is 0. The van der Waals surface area contributed by atoms with Gasteiger partial charge < -0.3 is 4.74 Å². The summed E-state index contributed by atoms with van der Waals surface area (Å²) in [5.74, 6) is 1.80. The fraction of sp³-hybridized carbons (Fsp3) is 0. The van der Waals surface area contributed by atoms with Crippen molar-refractivity contribution in [1.29, 1.82) is 0 Å². The van der Waals surface area contributed by atoms with Gasteiger partial charge in [-0.25, -0.2) is 0 Å². The SMILES string of the molecule is c1ccc(-c2ccc3c(c2)Oc2ccc(-c4c5ccccc5c(-c5ccccc5)c5c4ccc4ccccc45)c4cccc-3c24)cc1. The van der Waals surface area contributed by atoms with Gasteiger partial charge in [0, 0.05) is 10.9 Å². The molecular weight excluding hydrogens is 569 g/mol. The second-order valence-electron chi connectivity index (χ2n) is 12.4. The molecule has 0 saturated heterocycles. The van der Waals surface area contributed by atoms with Gasteiger partial charge in [-0.3, -0.25) is 0 Å². The molecule has 47 heavy (non-hydrogen) atoms. The molecule has 1 heteroatoms. The molecule has 0 aromatic heterocycles. The minimum atomic E-state index is 0.897. The van der Waals surface area contributed by atoms with Gasteiger partial charge in [-0.1, -0.05) is 146 Å². The highest BCUT2D eigenvalue weighted by molar-refractivity contribution is 6.29. The molecule has 9 aromatic carbocycles. The molecule has 0 atom stereocenters. The van der Waals surface area contributed by atoms with Gasteiger partial charge in [0.2, 0.25) is 0 Å². The van der Waals surface area contributed by atoms with E-state index in [1.165, 1.54) is 71.1 Å². The van der Waals surface area contributed by atoms with Gasteiger partial charge in [-0.05, 0) is 101 Å². The molecule has 1 aliphatic rings. The molecular formula is C46H28O. The third-order valence-electron chi connectivity index (χ3n) is 9.85. The average Bonchev–Trinajstić information content (AvgIpc) is 3.14. The summed E-state index contributed by atoms with van der Waals surface area (Å²) in [4.78, 5) is 0. The zero-order chi connectivity index (χ0) is 30.9. The van der Waals surface area contributed by atoms with Crippen molar-refractivity contribution in [2.75, 3.05) is 0 Å². The third kappa shape index (κ3) is 3.90. The predicted molar refractivity (Wildman–Crippen MR) is 198 cm³/mol. The molecule has 218 valence electrons. The lowest BCUT2D eigenvalue weighted by Crippen LogP contribution is -1.99. The Bertz CT molecular complexity index is 2690. The van der Waals surface area contributed by atoms with E-state index in [0.29, 0.717) is 0 Å². The second kappa shape index (κ2) is 10.2. The Kier molecular flexibility index (Phi) is 5.64.